The zero-order valence-corrected chi connectivity index (χ0v) is 32.5. The Morgan fingerprint density at radius 1 is 0.769 bits per heavy atom. The van der Waals surface area contributed by atoms with Gasteiger partial charge in [-0.1, -0.05) is 96.8 Å². The predicted molar refractivity (Wildman–Crippen MR) is 219 cm³/mol. The largest absolute Gasteiger partial charge is 0.469 e. The Morgan fingerprint density at radius 3 is 2.23 bits per heavy atom. The standard InChI is InChI=1S/C48H53N3O/c1-29(2)37-13-12-14-38(30(3)4)45(37)33-24-34(46-50-44-15-10-11-21-48(44,9)52-46)26-36(25-33)51-42-19-16-31(5)23-40(42)39-18-17-32(27-43(39)51)41-28-35(20-22-49-41)47(6,7)8/h12-14,16-20,22-30,44H,10-11,15,21H2,1-9H3/t44-,48+/m1/s1. The van der Waals surface area contributed by atoms with Crippen LogP contribution in [0.15, 0.2) is 96.1 Å². The van der Waals surface area contributed by atoms with Gasteiger partial charge in [-0.25, -0.2) is 4.99 Å². The van der Waals surface area contributed by atoms with E-state index in [1.165, 1.54) is 68.0 Å². The van der Waals surface area contributed by atoms with E-state index < -0.39 is 0 Å². The van der Waals surface area contributed by atoms with Crippen LogP contribution in [0.5, 0.6) is 0 Å². The van der Waals surface area contributed by atoms with Crippen LogP contribution in [0.1, 0.15) is 121 Å². The molecule has 8 rings (SSSR count). The molecule has 6 aromatic rings. The van der Waals surface area contributed by atoms with Crippen LogP contribution in [-0.2, 0) is 10.2 Å². The first kappa shape index (κ1) is 34.4. The lowest BCUT2D eigenvalue weighted by molar-refractivity contribution is 0.0447. The van der Waals surface area contributed by atoms with Gasteiger partial charge in [0.25, 0.3) is 0 Å². The smallest absolute Gasteiger partial charge is 0.217 e. The normalized spacial score (nSPS) is 19.1. The first-order valence-corrected chi connectivity index (χ1v) is 19.4. The van der Waals surface area contributed by atoms with Gasteiger partial charge in [0.2, 0.25) is 5.90 Å². The van der Waals surface area contributed by atoms with Crippen LogP contribution in [0, 0.1) is 6.92 Å². The van der Waals surface area contributed by atoms with Crippen molar-refractivity contribution in [3.63, 3.8) is 0 Å². The van der Waals surface area contributed by atoms with Gasteiger partial charge in [-0.15, -0.1) is 0 Å². The van der Waals surface area contributed by atoms with Crippen molar-refractivity contribution in [2.24, 2.45) is 4.99 Å². The second-order valence-electron chi connectivity index (χ2n) is 17.3. The van der Waals surface area contributed by atoms with Gasteiger partial charge in [0.05, 0.1) is 22.8 Å². The topological polar surface area (TPSA) is 39.4 Å². The first-order valence-electron chi connectivity index (χ1n) is 19.4. The minimum atomic E-state index is -0.240. The number of aliphatic imine (C=N–C) groups is 1. The molecule has 1 fully saturated rings. The Balaban J connectivity index is 1.42. The monoisotopic (exact) mass is 687 g/mol. The maximum Gasteiger partial charge on any atom is 0.217 e. The summed E-state index contributed by atoms with van der Waals surface area (Å²) in [6, 6.07) is 32.2. The van der Waals surface area contributed by atoms with E-state index in [9.17, 15) is 0 Å². The van der Waals surface area contributed by atoms with E-state index in [-0.39, 0.29) is 17.1 Å². The Bertz CT molecular complexity index is 2340. The lowest BCUT2D eigenvalue weighted by Gasteiger charge is -2.33. The molecule has 2 atom stereocenters. The number of aryl methyl sites for hydroxylation is 1. The Morgan fingerprint density at radius 2 is 1.52 bits per heavy atom. The van der Waals surface area contributed by atoms with Gasteiger partial charge in [-0.3, -0.25) is 4.98 Å². The Hall–Kier alpha value is -4.70. The van der Waals surface area contributed by atoms with Crippen molar-refractivity contribution in [1.29, 1.82) is 0 Å². The number of rotatable bonds is 6. The van der Waals surface area contributed by atoms with Gasteiger partial charge in [0.15, 0.2) is 0 Å². The number of nitrogens with zero attached hydrogens (tertiary/aromatic N) is 3. The van der Waals surface area contributed by atoms with Gasteiger partial charge < -0.3 is 9.30 Å². The summed E-state index contributed by atoms with van der Waals surface area (Å²) in [4.78, 5) is 10.2. The second kappa shape index (κ2) is 12.8. The van der Waals surface area contributed by atoms with Gasteiger partial charge in [-0.05, 0) is 127 Å². The van der Waals surface area contributed by atoms with E-state index in [1.54, 1.807) is 0 Å². The van der Waals surface area contributed by atoms with Crippen molar-refractivity contribution in [1.82, 2.24) is 9.55 Å². The van der Waals surface area contributed by atoms with E-state index in [2.05, 4.69) is 152 Å². The maximum atomic E-state index is 6.90. The van der Waals surface area contributed by atoms with Crippen LogP contribution in [0.2, 0.25) is 0 Å². The molecule has 266 valence electrons. The summed E-state index contributed by atoms with van der Waals surface area (Å²) in [5.74, 6) is 1.53. The van der Waals surface area contributed by atoms with Gasteiger partial charge in [0.1, 0.15) is 5.60 Å². The van der Waals surface area contributed by atoms with Crippen molar-refractivity contribution in [2.75, 3.05) is 0 Å². The molecule has 0 bridgehead atoms. The fraction of sp³-hybridized carbons (Fsp3) is 0.375. The second-order valence-corrected chi connectivity index (χ2v) is 17.3. The first-order chi connectivity index (χ1) is 24.8. The van der Waals surface area contributed by atoms with Crippen molar-refractivity contribution in [3.05, 3.63) is 119 Å². The van der Waals surface area contributed by atoms with E-state index >= 15 is 0 Å². The number of benzene rings is 4. The lowest BCUT2D eigenvalue weighted by Crippen LogP contribution is -2.39. The fourth-order valence-electron chi connectivity index (χ4n) is 8.65. The zero-order valence-electron chi connectivity index (χ0n) is 32.5. The average molecular weight is 688 g/mol. The van der Waals surface area contributed by atoms with Gasteiger partial charge in [-0.2, -0.15) is 0 Å². The third-order valence-corrected chi connectivity index (χ3v) is 11.6. The molecule has 0 amide bonds. The highest BCUT2D eigenvalue weighted by Crippen LogP contribution is 2.43. The molecule has 4 aromatic carbocycles. The number of hydrogen-bond donors (Lipinski definition) is 0. The summed E-state index contributed by atoms with van der Waals surface area (Å²) in [5, 5.41) is 2.49. The minimum absolute atomic E-state index is 0.0335. The lowest BCUT2D eigenvalue weighted by atomic mass is 9.82. The zero-order chi connectivity index (χ0) is 36.5. The van der Waals surface area contributed by atoms with Crippen LogP contribution in [0.25, 0.3) is 49.9 Å². The molecule has 0 spiro atoms. The molecule has 0 unspecified atom stereocenters. The molecule has 52 heavy (non-hydrogen) atoms. The Kier molecular flexibility index (Phi) is 8.44. The molecule has 2 aromatic heterocycles. The summed E-state index contributed by atoms with van der Waals surface area (Å²) >= 11 is 0. The van der Waals surface area contributed by atoms with Crippen LogP contribution in [-0.4, -0.2) is 27.1 Å². The van der Waals surface area contributed by atoms with E-state index in [0.717, 1.165) is 41.2 Å². The van der Waals surface area contributed by atoms with Gasteiger partial charge >= 0.3 is 0 Å². The van der Waals surface area contributed by atoms with Crippen molar-refractivity contribution in [3.8, 4) is 28.1 Å². The highest BCUT2D eigenvalue weighted by Gasteiger charge is 2.44. The van der Waals surface area contributed by atoms with Crippen molar-refractivity contribution < 1.29 is 4.74 Å². The SMILES string of the molecule is Cc1ccc2c(c1)c1ccc(-c3cc(C(C)(C)C)ccn3)cc1n2-c1cc(C2=N[C@@H]3CCCC[C@]3(C)O2)cc(-c2c(C(C)C)cccc2C(C)C)c1. The molecule has 0 N–H and O–H groups in total. The molecule has 4 heteroatoms. The predicted octanol–water partition coefficient (Wildman–Crippen LogP) is 12.8. The summed E-state index contributed by atoms with van der Waals surface area (Å²) < 4.78 is 9.36. The third kappa shape index (κ3) is 5.94. The fourth-order valence-corrected chi connectivity index (χ4v) is 8.65. The molecule has 3 heterocycles. The molecule has 2 aliphatic rings. The molecule has 1 saturated carbocycles. The molecular weight excluding hydrogens is 635 g/mol. The van der Waals surface area contributed by atoms with Crippen molar-refractivity contribution >= 4 is 27.7 Å². The summed E-state index contributed by atoms with van der Waals surface area (Å²) in [6.45, 7) is 20.5. The van der Waals surface area contributed by atoms with Crippen LogP contribution >= 0.6 is 0 Å². The summed E-state index contributed by atoms with van der Waals surface area (Å²) in [7, 11) is 0. The molecule has 1 aliphatic heterocycles. The third-order valence-electron chi connectivity index (χ3n) is 11.6. The summed E-state index contributed by atoms with van der Waals surface area (Å²) in [6.07, 6.45) is 6.48. The van der Waals surface area contributed by atoms with E-state index in [0.29, 0.717) is 11.8 Å². The van der Waals surface area contributed by atoms with E-state index in [4.69, 9.17) is 14.7 Å². The molecular formula is C48H53N3O. The maximum absolute atomic E-state index is 6.90. The van der Waals surface area contributed by atoms with Crippen LogP contribution in [0.3, 0.4) is 0 Å². The van der Waals surface area contributed by atoms with Crippen LogP contribution in [0.4, 0.5) is 0 Å². The van der Waals surface area contributed by atoms with Crippen molar-refractivity contribution in [2.45, 2.75) is 117 Å². The number of pyridine rings is 1. The number of ether oxygens (including phenoxy) is 1. The number of fused-ring (bicyclic) bond motifs is 4. The van der Waals surface area contributed by atoms with Gasteiger partial charge in [0, 0.05) is 33.8 Å². The highest BCUT2D eigenvalue weighted by atomic mass is 16.5. The molecule has 0 saturated heterocycles. The quantitative estimate of drug-likeness (QED) is 0.175. The minimum Gasteiger partial charge on any atom is -0.469 e. The molecule has 0 radical (unpaired) electrons. The number of hydrogen-bond acceptors (Lipinski definition) is 3. The molecule has 1 aliphatic carbocycles. The van der Waals surface area contributed by atoms with Crippen LogP contribution < -0.4 is 0 Å². The summed E-state index contributed by atoms with van der Waals surface area (Å²) in [5.41, 5.74) is 14.2. The molecule has 4 nitrogen and oxygen atoms in total. The number of aromatic nitrogens is 2. The van der Waals surface area contributed by atoms with E-state index in [1.807, 2.05) is 6.20 Å². The average Bonchev–Trinajstić information content (AvgIpc) is 3.65. The Labute approximate surface area is 310 Å². The highest BCUT2D eigenvalue weighted by molar-refractivity contribution is 6.11.